The first-order valence-electron chi connectivity index (χ1n) is 4.42. The summed E-state index contributed by atoms with van der Waals surface area (Å²) in [6.45, 7) is 5.21. The molecule has 15 heavy (non-hydrogen) atoms. The third-order valence-corrected chi connectivity index (χ3v) is 2.91. The van der Waals surface area contributed by atoms with Gasteiger partial charge in [-0.2, -0.15) is 0 Å². The summed E-state index contributed by atoms with van der Waals surface area (Å²) in [5, 5.41) is 0. The highest BCUT2D eigenvalue weighted by molar-refractivity contribution is 7.70. The molecule has 0 fully saturated rings. The number of benzene rings is 1. The number of carbonyl (C=O) groups excluding carboxylic acids is 1. The van der Waals surface area contributed by atoms with E-state index in [1.54, 1.807) is 26.0 Å². The molecule has 0 aliphatic rings. The van der Waals surface area contributed by atoms with Crippen LogP contribution in [0.4, 0.5) is 0 Å². The van der Waals surface area contributed by atoms with Crippen LogP contribution in [-0.4, -0.2) is 15.3 Å². The van der Waals surface area contributed by atoms with Crippen molar-refractivity contribution < 1.29 is 19.1 Å². The van der Waals surface area contributed by atoms with Crippen LogP contribution >= 0.6 is 7.60 Å². The lowest BCUT2D eigenvalue weighted by molar-refractivity contribution is 0.104. The fourth-order valence-electron chi connectivity index (χ4n) is 1.66. The second-order valence-corrected chi connectivity index (χ2v) is 5.12. The van der Waals surface area contributed by atoms with Crippen LogP contribution in [0.25, 0.3) is 0 Å². The van der Waals surface area contributed by atoms with E-state index in [1.807, 2.05) is 6.92 Å². The summed E-state index contributed by atoms with van der Waals surface area (Å²) >= 11 is 0. The molecule has 0 aliphatic heterocycles. The number of aryl methyl sites for hydroxylation is 3. The molecule has 0 heterocycles. The highest BCUT2D eigenvalue weighted by Crippen LogP contribution is 2.40. The van der Waals surface area contributed by atoms with Crippen LogP contribution in [0.5, 0.6) is 0 Å². The maximum atomic E-state index is 11.5. The highest BCUT2D eigenvalue weighted by Gasteiger charge is 2.29. The van der Waals surface area contributed by atoms with Crippen molar-refractivity contribution in [1.29, 1.82) is 0 Å². The van der Waals surface area contributed by atoms with Gasteiger partial charge in [0.2, 0.25) is 0 Å². The molecule has 0 aromatic heterocycles. The molecule has 0 bridgehead atoms. The Labute approximate surface area is 88.1 Å². The van der Waals surface area contributed by atoms with Crippen molar-refractivity contribution in [2.75, 3.05) is 0 Å². The monoisotopic (exact) mass is 228 g/mol. The molecule has 0 saturated carbocycles. The Bertz CT molecular complexity index is 435. The largest absolute Gasteiger partial charge is 0.396 e. The predicted octanol–water partition coefficient (Wildman–Crippen LogP) is 1.93. The van der Waals surface area contributed by atoms with Crippen LogP contribution in [0.3, 0.4) is 0 Å². The zero-order valence-electron chi connectivity index (χ0n) is 8.81. The van der Waals surface area contributed by atoms with Gasteiger partial charge in [0, 0.05) is 5.56 Å². The van der Waals surface area contributed by atoms with Crippen LogP contribution in [-0.2, 0) is 4.57 Å². The van der Waals surface area contributed by atoms with E-state index < -0.39 is 13.1 Å². The van der Waals surface area contributed by atoms with Crippen LogP contribution in [0.1, 0.15) is 27.0 Å². The molecular formula is C10H13O4P. The molecule has 0 unspecified atom stereocenters. The molecule has 82 valence electrons. The fourth-order valence-corrected chi connectivity index (χ4v) is 2.31. The SMILES string of the molecule is Cc1cc(C)c(C(=O)P(=O)(O)O)c(C)c1. The van der Waals surface area contributed by atoms with Gasteiger partial charge in [-0.15, -0.1) is 0 Å². The van der Waals surface area contributed by atoms with Crippen molar-refractivity contribution in [2.24, 2.45) is 0 Å². The average Bonchev–Trinajstić information content (AvgIpc) is 1.99. The molecule has 0 amide bonds. The Kier molecular flexibility index (Phi) is 3.14. The van der Waals surface area contributed by atoms with E-state index in [1.165, 1.54) is 0 Å². The third-order valence-electron chi connectivity index (χ3n) is 2.16. The van der Waals surface area contributed by atoms with Crippen molar-refractivity contribution in [3.8, 4) is 0 Å². The van der Waals surface area contributed by atoms with Gasteiger partial charge >= 0.3 is 7.60 Å². The summed E-state index contributed by atoms with van der Waals surface area (Å²) in [6.07, 6.45) is 0. The molecule has 0 spiro atoms. The van der Waals surface area contributed by atoms with E-state index in [-0.39, 0.29) is 5.56 Å². The second kappa shape index (κ2) is 3.89. The molecule has 2 N–H and O–H groups in total. The van der Waals surface area contributed by atoms with Gasteiger partial charge in [-0.05, 0) is 31.9 Å². The van der Waals surface area contributed by atoms with E-state index in [2.05, 4.69) is 0 Å². The highest BCUT2D eigenvalue weighted by atomic mass is 31.2. The van der Waals surface area contributed by atoms with Crippen molar-refractivity contribution in [3.05, 3.63) is 34.4 Å². The van der Waals surface area contributed by atoms with Crippen molar-refractivity contribution in [2.45, 2.75) is 20.8 Å². The molecule has 1 aromatic rings. The topological polar surface area (TPSA) is 74.6 Å². The van der Waals surface area contributed by atoms with E-state index >= 15 is 0 Å². The lowest BCUT2D eigenvalue weighted by Gasteiger charge is -2.10. The molecule has 0 atom stereocenters. The van der Waals surface area contributed by atoms with Gasteiger partial charge in [0.25, 0.3) is 5.52 Å². The van der Waals surface area contributed by atoms with Crippen LogP contribution < -0.4 is 0 Å². The average molecular weight is 228 g/mol. The molecule has 1 aromatic carbocycles. The Hall–Kier alpha value is -0.960. The van der Waals surface area contributed by atoms with Gasteiger partial charge < -0.3 is 9.79 Å². The van der Waals surface area contributed by atoms with Crippen LogP contribution in [0.15, 0.2) is 12.1 Å². The molecule has 5 heteroatoms. The minimum absolute atomic E-state index is 0.133. The quantitative estimate of drug-likeness (QED) is 0.758. The van der Waals surface area contributed by atoms with E-state index in [4.69, 9.17) is 9.79 Å². The maximum absolute atomic E-state index is 11.5. The predicted molar refractivity (Wildman–Crippen MR) is 57.0 cm³/mol. The standard InChI is InChI=1S/C10H13O4P/c1-6-4-7(2)9(8(3)5-6)10(11)15(12,13)14/h4-5H,1-3H3,(H2,12,13,14). The minimum atomic E-state index is -4.69. The van der Waals surface area contributed by atoms with Gasteiger partial charge in [-0.3, -0.25) is 9.36 Å². The summed E-state index contributed by atoms with van der Waals surface area (Å²) < 4.78 is 10.9. The third kappa shape index (κ3) is 2.53. The van der Waals surface area contributed by atoms with E-state index in [0.717, 1.165) is 5.56 Å². The summed E-state index contributed by atoms with van der Waals surface area (Å²) in [6, 6.07) is 3.46. The van der Waals surface area contributed by atoms with Crippen LogP contribution in [0.2, 0.25) is 0 Å². The first kappa shape index (κ1) is 12.1. The molecule has 0 saturated heterocycles. The van der Waals surface area contributed by atoms with Crippen molar-refractivity contribution >= 4 is 13.1 Å². The number of rotatable bonds is 2. The normalized spacial score (nSPS) is 11.5. The lowest BCUT2D eigenvalue weighted by Crippen LogP contribution is -2.05. The zero-order chi connectivity index (χ0) is 11.8. The minimum Gasteiger partial charge on any atom is -0.319 e. The number of hydrogen-bond donors (Lipinski definition) is 2. The first-order valence-corrected chi connectivity index (χ1v) is 6.03. The molecule has 4 nitrogen and oxygen atoms in total. The van der Waals surface area contributed by atoms with Crippen LogP contribution in [0, 0.1) is 20.8 Å². The summed E-state index contributed by atoms with van der Waals surface area (Å²) in [4.78, 5) is 29.1. The lowest BCUT2D eigenvalue weighted by atomic mass is 10.0. The Balaban J connectivity index is 3.39. The Morgan fingerprint density at radius 1 is 1.13 bits per heavy atom. The Morgan fingerprint density at radius 3 is 1.87 bits per heavy atom. The van der Waals surface area contributed by atoms with Gasteiger partial charge in [-0.1, -0.05) is 17.7 Å². The van der Waals surface area contributed by atoms with Gasteiger partial charge in [-0.25, -0.2) is 0 Å². The summed E-state index contributed by atoms with van der Waals surface area (Å²) in [5.74, 6) is 0. The molecular weight excluding hydrogens is 215 g/mol. The summed E-state index contributed by atoms with van der Waals surface area (Å²) in [5.41, 5.74) is 1.19. The van der Waals surface area contributed by atoms with E-state index in [9.17, 15) is 9.36 Å². The molecule has 0 radical (unpaired) electrons. The number of hydrogen-bond acceptors (Lipinski definition) is 2. The van der Waals surface area contributed by atoms with Crippen molar-refractivity contribution in [3.63, 3.8) is 0 Å². The van der Waals surface area contributed by atoms with Crippen molar-refractivity contribution in [1.82, 2.24) is 0 Å². The fraction of sp³-hybridized carbons (Fsp3) is 0.300. The van der Waals surface area contributed by atoms with Gasteiger partial charge in [0.15, 0.2) is 0 Å². The zero-order valence-corrected chi connectivity index (χ0v) is 9.71. The molecule has 1 rings (SSSR count). The van der Waals surface area contributed by atoms with E-state index in [0.29, 0.717) is 11.1 Å². The smallest absolute Gasteiger partial charge is 0.319 e. The Morgan fingerprint density at radius 2 is 1.53 bits per heavy atom. The maximum Gasteiger partial charge on any atom is 0.396 e. The molecule has 0 aliphatic carbocycles. The van der Waals surface area contributed by atoms with Gasteiger partial charge in [0.05, 0.1) is 0 Å². The second-order valence-electron chi connectivity index (χ2n) is 3.62. The first-order chi connectivity index (χ1) is 6.73. The summed E-state index contributed by atoms with van der Waals surface area (Å²) in [7, 11) is -4.69. The van der Waals surface area contributed by atoms with Gasteiger partial charge in [0.1, 0.15) is 0 Å². The number of carbonyl (C=O) groups is 1.